The maximum Gasteiger partial charge on any atom is 0.184 e. The molecule has 2 N–H and O–H groups in total. The van der Waals surface area contributed by atoms with Gasteiger partial charge in [0, 0.05) is 5.41 Å². The number of nitrogens with zero attached hydrogens (tertiary/aromatic N) is 5. The highest BCUT2D eigenvalue weighted by Crippen LogP contribution is 2.25. The first-order chi connectivity index (χ1) is 14.0. The zero-order valence-electron chi connectivity index (χ0n) is 17.5. The average molecular weight is 397 g/mol. The molecular formula is C21H30N7O+. The molecule has 3 heterocycles. The number of fused-ring (bicyclic) bond motifs is 1. The molecule has 2 aromatic heterocycles. The summed E-state index contributed by atoms with van der Waals surface area (Å²) in [7, 11) is 0. The molecule has 0 saturated carbocycles. The third-order valence-corrected chi connectivity index (χ3v) is 5.18. The summed E-state index contributed by atoms with van der Waals surface area (Å²) in [4.78, 5) is 11.2. The molecule has 0 spiro atoms. The largest absolute Gasteiger partial charge is 0.370 e. The lowest BCUT2D eigenvalue weighted by Gasteiger charge is -2.24. The number of hydrogen-bond donors (Lipinski definition) is 2. The van der Waals surface area contributed by atoms with E-state index in [9.17, 15) is 0 Å². The van der Waals surface area contributed by atoms with Crippen LogP contribution in [0.25, 0.3) is 11.2 Å². The minimum Gasteiger partial charge on any atom is -0.370 e. The van der Waals surface area contributed by atoms with Gasteiger partial charge in [0.05, 0.1) is 32.8 Å². The van der Waals surface area contributed by atoms with Crippen molar-refractivity contribution in [3.8, 4) is 0 Å². The molecule has 3 aromatic rings. The van der Waals surface area contributed by atoms with Gasteiger partial charge >= 0.3 is 0 Å². The molecule has 0 amide bonds. The number of anilines is 1. The standard InChI is InChI=1S/C21H29N7O/c1-21(2,3)20-23-18(22-9-10-27-11-13-29-14-12-27)17-19(24-20)28(26-25-17)15-16-7-5-4-6-8-16/h4-8H,9-15H2,1-3H3,(H,22,23,24)/p+1. The van der Waals surface area contributed by atoms with Gasteiger partial charge < -0.3 is 15.0 Å². The minimum absolute atomic E-state index is 0.165. The van der Waals surface area contributed by atoms with E-state index in [0.29, 0.717) is 6.54 Å². The minimum atomic E-state index is -0.165. The molecular weight excluding hydrogens is 366 g/mol. The van der Waals surface area contributed by atoms with Crippen LogP contribution < -0.4 is 10.2 Å². The number of ether oxygens (including phenoxy) is 1. The summed E-state index contributed by atoms with van der Waals surface area (Å²) in [5, 5.41) is 12.3. The van der Waals surface area contributed by atoms with E-state index in [-0.39, 0.29) is 5.41 Å². The van der Waals surface area contributed by atoms with Crippen LogP contribution in [0.2, 0.25) is 0 Å². The van der Waals surface area contributed by atoms with Crippen LogP contribution in [0.15, 0.2) is 30.3 Å². The third-order valence-electron chi connectivity index (χ3n) is 5.18. The molecule has 0 unspecified atom stereocenters. The molecule has 154 valence electrons. The second kappa shape index (κ2) is 8.42. The zero-order valence-corrected chi connectivity index (χ0v) is 17.5. The lowest BCUT2D eigenvalue weighted by atomic mass is 9.96. The van der Waals surface area contributed by atoms with Crippen molar-refractivity contribution in [3.63, 3.8) is 0 Å². The van der Waals surface area contributed by atoms with Crippen LogP contribution in [-0.4, -0.2) is 64.4 Å². The zero-order chi connectivity index (χ0) is 20.3. The molecule has 0 aliphatic carbocycles. The van der Waals surface area contributed by atoms with Crippen molar-refractivity contribution < 1.29 is 9.64 Å². The van der Waals surface area contributed by atoms with Crippen molar-refractivity contribution in [2.75, 3.05) is 44.7 Å². The SMILES string of the molecule is CC(C)(C)c1nc(NCC[NH+]2CCOCC2)c2nnn(Cc3ccccc3)c2n1. The Labute approximate surface area is 171 Å². The summed E-state index contributed by atoms with van der Waals surface area (Å²) in [5.41, 5.74) is 2.50. The summed E-state index contributed by atoms with van der Waals surface area (Å²) in [6.07, 6.45) is 0. The van der Waals surface area contributed by atoms with E-state index >= 15 is 0 Å². The van der Waals surface area contributed by atoms with Gasteiger partial charge in [-0.3, -0.25) is 0 Å². The first-order valence-corrected chi connectivity index (χ1v) is 10.3. The number of nitrogens with one attached hydrogen (secondary N) is 2. The number of morpholine rings is 1. The summed E-state index contributed by atoms with van der Waals surface area (Å²) >= 11 is 0. The molecule has 1 aromatic carbocycles. The molecule has 8 heteroatoms. The third kappa shape index (κ3) is 4.71. The van der Waals surface area contributed by atoms with Gasteiger partial charge in [-0.2, -0.15) is 0 Å². The van der Waals surface area contributed by atoms with Crippen LogP contribution in [-0.2, 0) is 16.7 Å². The maximum absolute atomic E-state index is 5.44. The van der Waals surface area contributed by atoms with Gasteiger partial charge in [0.1, 0.15) is 18.9 Å². The van der Waals surface area contributed by atoms with E-state index in [2.05, 4.69) is 48.5 Å². The van der Waals surface area contributed by atoms with Crippen molar-refractivity contribution in [2.45, 2.75) is 32.7 Å². The number of hydrogen-bond acceptors (Lipinski definition) is 6. The monoisotopic (exact) mass is 396 g/mol. The van der Waals surface area contributed by atoms with Crippen LogP contribution in [0.1, 0.15) is 32.2 Å². The molecule has 1 aliphatic rings. The average Bonchev–Trinajstić information content (AvgIpc) is 3.12. The molecule has 1 fully saturated rings. The van der Waals surface area contributed by atoms with Gasteiger partial charge in [-0.1, -0.05) is 56.3 Å². The summed E-state index contributed by atoms with van der Waals surface area (Å²) in [6.45, 7) is 12.7. The number of aromatic nitrogens is 5. The van der Waals surface area contributed by atoms with Crippen molar-refractivity contribution in [1.82, 2.24) is 25.0 Å². The Morgan fingerprint density at radius 2 is 1.86 bits per heavy atom. The molecule has 8 nitrogen and oxygen atoms in total. The van der Waals surface area contributed by atoms with Gasteiger partial charge in [0.25, 0.3) is 0 Å². The molecule has 1 saturated heterocycles. The van der Waals surface area contributed by atoms with E-state index in [4.69, 9.17) is 14.7 Å². The Morgan fingerprint density at radius 3 is 2.59 bits per heavy atom. The topological polar surface area (TPSA) is 82.2 Å². The van der Waals surface area contributed by atoms with E-state index in [1.807, 2.05) is 22.9 Å². The van der Waals surface area contributed by atoms with Crippen molar-refractivity contribution in [3.05, 3.63) is 41.7 Å². The predicted molar refractivity (Wildman–Crippen MR) is 112 cm³/mol. The quantitative estimate of drug-likeness (QED) is 0.644. The lowest BCUT2D eigenvalue weighted by molar-refractivity contribution is -0.906. The normalized spacial score (nSPS) is 15.7. The lowest BCUT2D eigenvalue weighted by Crippen LogP contribution is -3.14. The van der Waals surface area contributed by atoms with Gasteiger partial charge in [-0.05, 0) is 5.56 Å². The van der Waals surface area contributed by atoms with E-state index < -0.39 is 0 Å². The summed E-state index contributed by atoms with van der Waals surface area (Å²) in [6, 6.07) is 10.3. The summed E-state index contributed by atoms with van der Waals surface area (Å²) in [5.74, 6) is 1.56. The van der Waals surface area contributed by atoms with Crippen LogP contribution in [0.5, 0.6) is 0 Å². The van der Waals surface area contributed by atoms with Crippen LogP contribution in [0.4, 0.5) is 5.82 Å². The Kier molecular flexibility index (Phi) is 5.73. The van der Waals surface area contributed by atoms with Crippen molar-refractivity contribution in [1.29, 1.82) is 0 Å². The van der Waals surface area contributed by atoms with Gasteiger partial charge in [0.2, 0.25) is 0 Å². The Balaban J connectivity index is 1.60. The van der Waals surface area contributed by atoms with Gasteiger partial charge in [0.15, 0.2) is 17.0 Å². The van der Waals surface area contributed by atoms with E-state index in [1.165, 1.54) is 5.56 Å². The highest BCUT2D eigenvalue weighted by molar-refractivity contribution is 5.82. The van der Waals surface area contributed by atoms with Crippen molar-refractivity contribution in [2.24, 2.45) is 0 Å². The molecule has 0 atom stereocenters. The number of benzene rings is 1. The highest BCUT2D eigenvalue weighted by Gasteiger charge is 2.23. The van der Waals surface area contributed by atoms with Crippen LogP contribution in [0, 0.1) is 0 Å². The fourth-order valence-electron chi connectivity index (χ4n) is 3.45. The Hall–Kier alpha value is -2.58. The van der Waals surface area contributed by atoms with Crippen LogP contribution >= 0.6 is 0 Å². The van der Waals surface area contributed by atoms with Gasteiger partial charge in [-0.15, -0.1) is 5.10 Å². The first kappa shape index (κ1) is 19.7. The second-order valence-electron chi connectivity index (χ2n) is 8.59. The fourth-order valence-corrected chi connectivity index (χ4v) is 3.45. The molecule has 1 aliphatic heterocycles. The molecule has 0 radical (unpaired) electrons. The highest BCUT2D eigenvalue weighted by atomic mass is 16.5. The fraction of sp³-hybridized carbons (Fsp3) is 0.524. The molecule has 29 heavy (non-hydrogen) atoms. The second-order valence-corrected chi connectivity index (χ2v) is 8.59. The first-order valence-electron chi connectivity index (χ1n) is 10.3. The molecule has 0 bridgehead atoms. The van der Waals surface area contributed by atoms with Gasteiger partial charge in [-0.25, -0.2) is 14.6 Å². The van der Waals surface area contributed by atoms with Crippen molar-refractivity contribution >= 4 is 17.0 Å². The smallest absolute Gasteiger partial charge is 0.184 e. The summed E-state index contributed by atoms with van der Waals surface area (Å²) < 4.78 is 7.30. The van der Waals surface area contributed by atoms with Crippen LogP contribution in [0.3, 0.4) is 0 Å². The Morgan fingerprint density at radius 1 is 1.10 bits per heavy atom. The van der Waals surface area contributed by atoms with E-state index in [1.54, 1.807) is 4.90 Å². The number of rotatable bonds is 6. The predicted octanol–water partition coefficient (Wildman–Crippen LogP) is 0.894. The Bertz CT molecular complexity index is 943. The number of quaternary nitrogens is 1. The van der Waals surface area contributed by atoms with E-state index in [0.717, 1.165) is 62.2 Å². The molecule has 4 rings (SSSR count). The maximum atomic E-state index is 5.44.